The predicted molar refractivity (Wildman–Crippen MR) is 202 cm³/mol. The minimum atomic E-state index is -0.110. The van der Waals surface area contributed by atoms with E-state index < -0.39 is 0 Å². The van der Waals surface area contributed by atoms with Gasteiger partial charge in [0.15, 0.2) is 17.5 Å². The lowest BCUT2D eigenvalue weighted by Gasteiger charge is -2.21. The molecule has 48 heavy (non-hydrogen) atoms. The summed E-state index contributed by atoms with van der Waals surface area (Å²) in [5.41, 5.74) is 8.07. The van der Waals surface area contributed by atoms with Crippen molar-refractivity contribution in [3.63, 3.8) is 0 Å². The zero-order chi connectivity index (χ0) is 32.0. The molecule has 9 aromatic rings. The van der Waals surface area contributed by atoms with Crippen molar-refractivity contribution in [1.82, 2.24) is 15.0 Å². The Morgan fingerprint density at radius 1 is 0.458 bits per heavy atom. The van der Waals surface area contributed by atoms with Gasteiger partial charge in [-0.1, -0.05) is 135 Å². The minimum absolute atomic E-state index is 0.110. The second-order valence-electron chi connectivity index (χ2n) is 13.2. The lowest BCUT2D eigenvalue weighted by atomic mass is 9.82. The molecule has 3 nitrogen and oxygen atoms in total. The Bertz CT molecular complexity index is 2760. The van der Waals surface area contributed by atoms with Gasteiger partial charge in [-0.15, -0.1) is 11.3 Å². The van der Waals surface area contributed by atoms with E-state index in [1.54, 1.807) is 0 Å². The molecule has 0 unspecified atom stereocenters. The van der Waals surface area contributed by atoms with Crippen molar-refractivity contribution in [3.8, 4) is 45.3 Å². The summed E-state index contributed by atoms with van der Waals surface area (Å²) in [7, 11) is 0. The van der Waals surface area contributed by atoms with Crippen molar-refractivity contribution in [1.29, 1.82) is 0 Å². The first-order valence-corrected chi connectivity index (χ1v) is 17.2. The summed E-state index contributed by atoms with van der Waals surface area (Å²) < 4.78 is 2.65. The van der Waals surface area contributed by atoms with E-state index in [0.717, 1.165) is 16.7 Å². The molecule has 0 bridgehead atoms. The molecule has 0 aliphatic heterocycles. The number of hydrogen-bond donors (Lipinski definition) is 0. The first-order chi connectivity index (χ1) is 23.5. The predicted octanol–water partition coefficient (Wildman–Crippen LogP) is 11.9. The molecule has 0 N–H and O–H groups in total. The molecule has 0 saturated carbocycles. The quantitative estimate of drug-likeness (QED) is 0.182. The Morgan fingerprint density at radius 2 is 1.08 bits per heavy atom. The highest BCUT2D eigenvalue weighted by Gasteiger charge is 2.35. The summed E-state index contributed by atoms with van der Waals surface area (Å²) in [6, 6.07) is 50.0. The lowest BCUT2D eigenvalue weighted by molar-refractivity contribution is 0.660. The summed E-state index contributed by atoms with van der Waals surface area (Å²) in [6.07, 6.45) is 0. The molecule has 0 atom stereocenters. The number of aromatic nitrogens is 3. The van der Waals surface area contributed by atoms with Crippen molar-refractivity contribution < 1.29 is 0 Å². The smallest absolute Gasteiger partial charge is 0.164 e. The van der Waals surface area contributed by atoms with E-state index in [2.05, 4.69) is 135 Å². The van der Waals surface area contributed by atoms with Crippen LogP contribution in [0.4, 0.5) is 0 Å². The number of rotatable bonds is 3. The van der Waals surface area contributed by atoms with Crippen molar-refractivity contribution in [3.05, 3.63) is 151 Å². The summed E-state index contributed by atoms with van der Waals surface area (Å²) in [4.78, 5) is 15.3. The van der Waals surface area contributed by atoms with E-state index in [-0.39, 0.29) is 5.41 Å². The SMILES string of the molecule is CC1(C)c2ccccc2-c2ccc(-c3nc(-c4ccccc4)nc(-c4ccc5c(ccc6ccc7c8ccccc8sc7c65)c4)n3)cc21. The van der Waals surface area contributed by atoms with Gasteiger partial charge in [-0.25, -0.2) is 15.0 Å². The molecule has 226 valence electrons. The van der Waals surface area contributed by atoms with Crippen LogP contribution in [0.15, 0.2) is 140 Å². The topological polar surface area (TPSA) is 38.7 Å². The van der Waals surface area contributed by atoms with Gasteiger partial charge in [-0.05, 0) is 56.6 Å². The Balaban J connectivity index is 1.16. The number of hydrogen-bond acceptors (Lipinski definition) is 4. The van der Waals surface area contributed by atoms with Crippen molar-refractivity contribution >= 4 is 53.1 Å². The molecule has 0 radical (unpaired) electrons. The van der Waals surface area contributed by atoms with Gasteiger partial charge >= 0.3 is 0 Å². The van der Waals surface area contributed by atoms with Gasteiger partial charge in [0.25, 0.3) is 0 Å². The summed E-state index contributed by atoms with van der Waals surface area (Å²) >= 11 is 1.88. The van der Waals surface area contributed by atoms with Gasteiger partial charge < -0.3 is 0 Å². The van der Waals surface area contributed by atoms with Gasteiger partial charge in [0, 0.05) is 47.7 Å². The maximum atomic E-state index is 5.15. The standard InChI is InChI=1S/C44H29N3S/c1-44(2)36-14-8-6-12-32(36)33-22-20-30(25-37(33)44)43-46-41(27-10-4-3-5-11-27)45-42(47-43)29-19-21-31-28(24-29)17-16-26-18-23-35-34-13-7-9-15-38(34)48-40(35)39(26)31/h3-25H,1-2H3. The van der Waals surface area contributed by atoms with Crippen LogP contribution in [0, 0.1) is 0 Å². The highest BCUT2D eigenvalue weighted by atomic mass is 32.1. The highest BCUT2D eigenvalue weighted by Crippen LogP contribution is 2.49. The first kappa shape index (κ1) is 27.4. The maximum absolute atomic E-state index is 5.15. The van der Waals surface area contributed by atoms with Crippen LogP contribution in [0.2, 0.25) is 0 Å². The van der Waals surface area contributed by atoms with E-state index in [1.807, 2.05) is 29.5 Å². The number of fused-ring (bicyclic) bond motifs is 10. The molecule has 7 aromatic carbocycles. The van der Waals surface area contributed by atoms with Crippen LogP contribution in [0.1, 0.15) is 25.0 Å². The van der Waals surface area contributed by atoms with Crippen LogP contribution in [0.5, 0.6) is 0 Å². The fourth-order valence-corrected chi connectivity index (χ4v) is 8.93. The van der Waals surface area contributed by atoms with Crippen LogP contribution in [-0.4, -0.2) is 15.0 Å². The zero-order valence-corrected chi connectivity index (χ0v) is 27.3. The average Bonchev–Trinajstić information content (AvgIpc) is 3.63. The Hall–Kier alpha value is -5.71. The molecule has 0 spiro atoms. The van der Waals surface area contributed by atoms with Gasteiger partial charge in [-0.3, -0.25) is 0 Å². The summed E-state index contributed by atoms with van der Waals surface area (Å²) in [6.45, 7) is 4.61. The van der Waals surface area contributed by atoms with E-state index in [4.69, 9.17) is 15.0 Å². The fourth-order valence-electron chi connectivity index (χ4n) is 7.66. The third-order valence-electron chi connectivity index (χ3n) is 10.1. The summed E-state index contributed by atoms with van der Waals surface area (Å²) in [5.74, 6) is 2.02. The molecular weight excluding hydrogens is 603 g/mol. The second kappa shape index (κ2) is 10.1. The Kier molecular flexibility index (Phi) is 5.79. The monoisotopic (exact) mass is 631 g/mol. The first-order valence-electron chi connectivity index (χ1n) is 16.4. The molecule has 1 aliphatic rings. The normalized spacial score (nSPS) is 13.4. The molecule has 0 saturated heterocycles. The van der Waals surface area contributed by atoms with E-state index in [1.165, 1.54) is 64.0 Å². The van der Waals surface area contributed by atoms with Crippen molar-refractivity contribution in [2.75, 3.05) is 0 Å². The van der Waals surface area contributed by atoms with Gasteiger partial charge in [0.05, 0.1) is 0 Å². The Morgan fingerprint density at radius 3 is 1.94 bits per heavy atom. The van der Waals surface area contributed by atoms with Crippen LogP contribution in [-0.2, 0) is 5.41 Å². The number of nitrogens with zero attached hydrogens (tertiary/aromatic N) is 3. The largest absolute Gasteiger partial charge is 0.208 e. The third kappa shape index (κ3) is 4.03. The van der Waals surface area contributed by atoms with Crippen molar-refractivity contribution in [2.24, 2.45) is 0 Å². The lowest BCUT2D eigenvalue weighted by Crippen LogP contribution is -2.15. The van der Waals surface area contributed by atoms with Crippen LogP contribution < -0.4 is 0 Å². The molecule has 0 fully saturated rings. The van der Waals surface area contributed by atoms with E-state index >= 15 is 0 Å². The van der Waals surface area contributed by atoms with Crippen molar-refractivity contribution in [2.45, 2.75) is 19.3 Å². The third-order valence-corrected chi connectivity index (χ3v) is 11.3. The molecule has 2 heterocycles. The highest BCUT2D eigenvalue weighted by molar-refractivity contribution is 7.26. The van der Waals surface area contributed by atoms with Crippen LogP contribution in [0.25, 0.3) is 87.0 Å². The molecule has 1 aliphatic carbocycles. The second-order valence-corrected chi connectivity index (χ2v) is 14.3. The fraction of sp³-hybridized carbons (Fsp3) is 0.0682. The van der Waals surface area contributed by atoms with E-state index in [0.29, 0.717) is 17.5 Å². The molecule has 0 amide bonds. The van der Waals surface area contributed by atoms with Gasteiger partial charge in [0.1, 0.15) is 0 Å². The van der Waals surface area contributed by atoms with Crippen LogP contribution >= 0.6 is 11.3 Å². The maximum Gasteiger partial charge on any atom is 0.164 e. The van der Waals surface area contributed by atoms with Gasteiger partial charge in [0.2, 0.25) is 0 Å². The zero-order valence-electron chi connectivity index (χ0n) is 26.5. The minimum Gasteiger partial charge on any atom is -0.208 e. The van der Waals surface area contributed by atoms with Gasteiger partial charge in [-0.2, -0.15) is 0 Å². The van der Waals surface area contributed by atoms with E-state index in [9.17, 15) is 0 Å². The summed E-state index contributed by atoms with van der Waals surface area (Å²) in [5, 5.41) is 7.61. The van der Waals surface area contributed by atoms with Crippen LogP contribution in [0.3, 0.4) is 0 Å². The molecule has 10 rings (SSSR count). The number of thiophene rings is 1. The number of benzene rings is 7. The molecular formula is C44H29N3S. The molecule has 2 aromatic heterocycles. The average molecular weight is 632 g/mol. The molecule has 4 heteroatoms. The Labute approximate surface area is 282 Å².